The van der Waals surface area contributed by atoms with Crippen LogP contribution in [0.1, 0.15) is 29.6 Å². The van der Waals surface area contributed by atoms with Crippen LogP contribution in [0.3, 0.4) is 0 Å². The molecular weight excluding hydrogens is 256 g/mol. The third kappa shape index (κ3) is 2.52. The number of hydrogen-bond acceptors (Lipinski definition) is 2. The van der Waals surface area contributed by atoms with Gasteiger partial charge in [0.15, 0.2) is 0 Å². The minimum atomic E-state index is -0.872. The third-order valence-corrected chi connectivity index (χ3v) is 3.62. The molecule has 1 amide bonds. The van der Waals surface area contributed by atoms with E-state index in [9.17, 15) is 9.59 Å². The second-order valence-corrected chi connectivity index (χ2v) is 5.15. The maximum Gasteiger partial charge on any atom is 0.305 e. The van der Waals surface area contributed by atoms with E-state index in [4.69, 9.17) is 5.11 Å². The first kappa shape index (κ1) is 12.7. The van der Waals surface area contributed by atoms with Gasteiger partial charge in [-0.25, -0.2) is 0 Å². The molecule has 0 bridgehead atoms. The van der Waals surface area contributed by atoms with E-state index in [0.717, 1.165) is 23.7 Å². The largest absolute Gasteiger partial charge is 0.481 e. The summed E-state index contributed by atoms with van der Waals surface area (Å²) in [4.78, 5) is 28.0. The first-order chi connectivity index (χ1) is 9.65. The summed E-state index contributed by atoms with van der Waals surface area (Å²) >= 11 is 0. The molecule has 0 spiro atoms. The van der Waals surface area contributed by atoms with Gasteiger partial charge in [0.2, 0.25) is 0 Å². The van der Waals surface area contributed by atoms with Crippen molar-refractivity contribution in [2.75, 3.05) is 6.54 Å². The van der Waals surface area contributed by atoms with E-state index in [1.54, 1.807) is 11.0 Å². The molecule has 1 saturated carbocycles. The zero-order chi connectivity index (χ0) is 14.1. The zero-order valence-corrected chi connectivity index (χ0v) is 11.0. The van der Waals surface area contributed by atoms with Crippen LogP contribution in [0.25, 0.3) is 10.9 Å². The van der Waals surface area contributed by atoms with Crippen LogP contribution in [0.15, 0.2) is 30.5 Å². The molecule has 5 heteroatoms. The summed E-state index contributed by atoms with van der Waals surface area (Å²) in [6.07, 6.45) is 3.77. The molecule has 1 heterocycles. The van der Waals surface area contributed by atoms with Crippen molar-refractivity contribution in [3.8, 4) is 0 Å². The Morgan fingerprint density at radius 1 is 1.30 bits per heavy atom. The van der Waals surface area contributed by atoms with Crippen molar-refractivity contribution in [3.63, 3.8) is 0 Å². The Morgan fingerprint density at radius 3 is 2.80 bits per heavy atom. The molecule has 1 aromatic carbocycles. The summed E-state index contributed by atoms with van der Waals surface area (Å²) in [5, 5.41) is 9.85. The van der Waals surface area contributed by atoms with Crippen molar-refractivity contribution in [3.05, 3.63) is 36.0 Å². The van der Waals surface area contributed by atoms with Gasteiger partial charge >= 0.3 is 5.97 Å². The van der Waals surface area contributed by atoms with E-state index in [-0.39, 0.29) is 24.9 Å². The Kier molecular flexibility index (Phi) is 3.18. The van der Waals surface area contributed by atoms with E-state index in [1.165, 1.54) is 0 Å². The molecule has 1 aliphatic rings. The van der Waals surface area contributed by atoms with Crippen molar-refractivity contribution in [2.24, 2.45) is 0 Å². The van der Waals surface area contributed by atoms with Gasteiger partial charge in [0.25, 0.3) is 5.91 Å². The number of H-pyrrole nitrogens is 1. The van der Waals surface area contributed by atoms with Gasteiger partial charge in [0, 0.05) is 29.9 Å². The summed E-state index contributed by atoms with van der Waals surface area (Å²) in [6, 6.07) is 7.69. The van der Waals surface area contributed by atoms with E-state index < -0.39 is 5.97 Å². The fourth-order valence-corrected chi connectivity index (χ4v) is 2.40. The molecule has 0 aliphatic heterocycles. The SMILES string of the molecule is O=C(O)CCN(C(=O)c1ccc2cc[nH]c2c1)C1CC1. The average molecular weight is 272 g/mol. The van der Waals surface area contributed by atoms with Gasteiger partial charge in [-0.2, -0.15) is 0 Å². The topological polar surface area (TPSA) is 73.4 Å². The number of carbonyl (C=O) groups is 2. The number of benzene rings is 1. The molecule has 1 aromatic heterocycles. The van der Waals surface area contributed by atoms with Crippen LogP contribution >= 0.6 is 0 Å². The number of aromatic nitrogens is 1. The highest BCUT2D eigenvalue weighted by Gasteiger charge is 2.33. The van der Waals surface area contributed by atoms with Crippen molar-refractivity contribution in [2.45, 2.75) is 25.3 Å². The second kappa shape index (κ2) is 5.00. The van der Waals surface area contributed by atoms with Gasteiger partial charge in [-0.1, -0.05) is 6.07 Å². The van der Waals surface area contributed by atoms with Crippen LogP contribution in [0.4, 0.5) is 0 Å². The Balaban J connectivity index is 1.82. The molecule has 3 rings (SSSR count). The number of aromatic amines is 1. The van der Waals surface area contributed by atoms with Crippen LogP contribution < -0.4 is 0 Å². The lowest BCUT2D eigenvalue weighted by molar-refractivity contribution is -0.137. The van der Waals surface area contributed by atoms with Crippen molar-refractivity contribution >= 4 is 22.8 Å². The van der Waals surface area contributed by atoms with E-state index in [2.05, 4.69) is 4.98 Å². The smallest absolute Gasteiger partial charge is 0.305 e. The number of aliphatic carboxylic acids is 1. The molecule has 5 nitrogen and oxygen atoms in total. The number of fused-ring (bicyclic) bond motifs is 1. The highest BCUT2D eigenvalue weighted by Crippen LogP contribution is 2.29. The fraction of sp³-hybridized carbons (Fsp3) is 0.333. The molecule has 0 unspecified atom stereocenters. The third-order valence-electron chi connectivity index (χ3n) is 3.62. The van der Waals surface area contributed by atoms with Crippen molar-refractivity contribution in [1.29, 1.82) is 0 Å². The lowest BCUT2D eigenvalue weighted by atomic mass is 10.1. The fourth-order valence-electron chi connectivity index (χ4n) is 2.40. The van der Waals surface area contributed by atoms with E-state index in [1.807, 2.05) is 24.4 Å². The van der Waals surface area contributed by atoms with Gasteiger partial charge in [-0.3, -0.25) is 9.59 Å². The molecule has 0 saturated heterocycles. The molecule has 2 aromatic rings. The number of carbonyl (C=O) groups excluding carboxylic acids is 1. The summed E-state index contributed by atoms with van der Waals surface area (Å²) in [5.74, 6) is -0.950. The van der Waals surface area contributed by atoms with Gasteiger partial charge in [-0.05, 0) is 36.4 Å². The monoisotopic (exact) mass is 272 g/mol. The Bertz CT molecular complexity index is 658. The second-order valence-electron chi connectivity index (χ2n) is 5.15. The number of nitrogens with zero attached hydrogens (tertiary/aromatic N) is 1. The first-order valence-electron chi connectivity index (χ1n) is 6.75. The summed E-state index contributed by atoms with van der Waals surface area (Å²) in [6.45, 7) is 0.279. The van der Waals surface area contributed by atoms with Crippen molar-refractivity contribution in [1.82, 2.24) is 9.88 Å². The quantitative estimate of drug-likeness (QED) is 0.876. The Morgan fingerprint density at radius 2 is 2.10 bits per heavy atom. The Labute approximate surface area is 116 Å². The van der Waals surface area contributed by atoms with Crippen LogP contribution in [0.5, 0.6) is 0 Å². The zero-order valence-electron chi connectivity index (χ0n) is 11.0. The van der Waals surface area contributed by atoms with E-state index in [0.29, 0.717) is 5.56 Å². The maximum atomic E-state index is 12.5. The van der Waals surface area contributed by atoms with Gasteiger partial charge in [0.05, 0.1) is 6.42 Å². The number of rotatable bonds is 5. The standard InChI is InChI=1S/C15H16N2O3/c18-14(19)6-8-17(12-3-4-12)15(20)11-2-1-10-5-7-16-13(10)9-11/h1-2,5,7,9,12,16H,3-4,6,8H2,(H,18,19). The molecule has 104 valence electrons. The predicted molar refractivity (Wildman–Crippen MR) is 74.6 cm³/mol. The molecule has 1 aliphatic carbocycles. The maximum absolute atomic E-state index is 12.5. The lowest BCUT2D eigenvalue weighted by Crippen LogP contribution is -2.35. The highest BCUT2D eigenvalue weighted by molar-refractivity contribution is 5.98. The molecular formula is C15H16N2O3. The molecule has 2 N–H and O–H groups in total. The van der Waals surface area contributed by atoms with E-state index >= 15 is 0 Å². The normalized spacial score (nSPS) is 14.4. The first-order valence-corrected chi connectivity index (χ1v) is 6.75. The predicted octanol–water partition coefficient (Wildman–Crippen LogP) is 2.25. The molecule has 0 radical (unpaired) electrons. The number of carboxylic acids is 1. The van der Waals surface area contributed by atoms with Crippen LogP contribution in [-0.2, 0) is 4.79 Å². The minimum absolute atomic E-state index is 0.00696. The molecule has 20 heavy (non-hydrogen) atoms. The minimum Gasteiger partial charge on any atom is -0.481 e. The Hall–Kier alpha value is -2.30. The number of amides is 1. The average Bonchev–Trinajstić information content (AvgIpc) is 3.15. The molecule has 1 fully saturated rings. The number of nitrogens with one attached hydrogen (secondary N) is 1. The van der Waals surface area contributed by atoms with Crippen LogP contribution in [0, 0.1) is 0 Å². The van der Waals surface area contributed by atoms with Gasteiger partial charge in [-0.15, -0.1) is 0 Å². The van der Waals surface area contributed by atoms with Gasteiger partial charge in [0.1, 0.15) is 0 Å². The van der Waals surface area contributed by atoms with Gasteiger partial charge < -0.3 is 15.0 Å². The highest BCUT2D eigenvalue weighted by atomic mass is 16.4. The lowest BCUT2D eigenvalue weighted by Gasteiger charge is -2.21. The number of hydrogen-bond donors (Lipinski definition) is 2. The van der Waals surface area contributed by atoms with Crippen LogP contribution in [-0.4, -0.2) is 39.5 Å². The molecule has 0 atom stereocenters. The van der Waals surface area contributed by atoms with Crippen LogP contribution in [0.2, 0.25) is 0 Å². The number of carboxylic acid groups (broad SMARTS) is 1. The summed E-state index contributed by atoms with van der Waals surface area (Å²) in [7, 11) is 0. The summed E-state index contributed by atoms with van der Waals surface area (Å²) < 4.78 is 0. The van der Waals surface area contributed by atoms with Crippen molar-refractivity contribution < 1.29 is 14.7 Å². The summed E-state index contributed by atoms with van der Waals surface area (Å²) in [5.41, 5.74) is 1.53.